The van der Waals surface area contributed by atoms with E-state index in [1.54, 1.807) is 20.8 Å². The summed E-state index contributed by atoms with van der Waals surface area (Å²) in [6.45, 7) is 10.00. The second-order valence-electron chi connectivity index (χ2n) is 12.6. The van der Waals surface area contributed by atoms with Gasteiger partial charge in [0.1, 0.15) is 0 Å². The van der Waals surface area contributed by atoms with E-state index < -0.39 is 35.7 Å². The van der Waals surface area contributed by atoms with Crippen LogP contribution in [0.3, 0.4) is 0 Å². The first-order chi connectivity index (χ1) is 19.5. The zero-order chi connectivity index (χ0) is 30.9. The number of quaternary nitrogens is 1. The Kier molecular flexibility index (Phi) is 23.5. The molecular weight excluding hydrogens is 518 g/mol. The van der Waals surface area contributed by atoms with Gasteiger partial charge in [0.05, 0.1) is 43.9 Å². The fraction of sp³-hybridized carbons (Fsp3) is 0.853. The molecule has 0 spiro atoms. The molecule has 0 aromatic carbocycles. The zero-order valence-corrected chi connectivity index (χ0v) is 27.0. The maximum Gasteiger partial charge on any atom is 0.306 e. The number of allylic oxidation sites excluding steroid dienone is 2. The van der Waals surface area contributed by atoms with Gasteiger partial charge in [-0.05, 0) is 32.6 Å². The number of hydrogen-bond donors (Lipinski definition) is 3. The summed E-state index contributed by atoms with van der Waals surface area (Å²) in [6, 6.07) is 0. The minimum atomic E-state index is -0.823. The number of carbonyl (C=O) groups is 3. The van der Waals surface area contributed by atoms with Crippen LogP contribution in [0, 0.1) is 17.8 Å². The normalized spacial score (nSPS) is 15.4. The average Bonchev–Trinajstić information content (AvgIpc) is 2.94. The molecule has 3 unspecified atom stereocenters. The molecule has 0 saturated carbocycles. The van der Waals surface area contributed by atoms with Crippen LogP contribution in [0.2, 0.25) is 0 Å². The highest BCUT2D eigenvalue weighted by Gasteiger charge is 2.31. The lowest BCUT2D eigenvalue weighted by molar-refractivity contribution is -0.929. The van der Waals surface area contributed by atoms with Crippen LogP contribution in [0.1, 0.15) is 143 Å². The summed E-state index contributed by atoms with van der Waals surface area (Å²) in [5.74, 6) is -3.90. The van der Waals surface area contributed by atoms with Gasteiger partial charge < -0.3 is 19.8 Å². The standard InChI is InChI=1S/C34H63NO6/c1-5-6-7-8-9-10-11-12-13-14-15-16-17-18-19-20-21-25-35(26-22-29(2)32(36)37,27-23-30(3)33(38)39)28-24-31(4)34(40)41/h5-6,29-31H,7-28H2,1-4H3,(H2-,36,37,38,39,40,41)/p+1/b6-5+. The van der Waals surface area contributed by atoms with Crippen LogP contribution < -0.4 is 0 Å². The molecule has 0 aromatic heterocycles. The summed E-state index contributed by atoms with van der Waals surface area (Å²) < 4.78 is 0.614. The molecule has 7 nitrogen and oxygen atoms in total. The van der Waals surface area contributed by atoms with E-state index in [1.807, 2.05) is 0 Å². The van der Waals surface area contributed by atoms with Crippen LogP contribution in [0.4, 0.5) is 0 Å². The molecule has 0 heterocycles. The molecule has 0 aliphatic rings. The number of unbranched alkanes of at least 4 members (excludes halogenated alkanes) is 14. The zero-order valence-electron chi connectivity index (χ0n) is 27.0. The van der Waals surface area contributed by atoms with E-state index in [9.17, 15) is 29.7 Å². The highest BCUT2D eigenvalue weighted by atomic mass is 16.4. The van der Waals surface area contributed by atoms with E-state index >= 15 is 0 Å². The Hall–Kier alpha value is -1.89. The van der Waals surface area contributed by atoms with Gasteiger partial charge in [0.2, 0.25) is 0 Å². The lowest BCUT2D eigenvalue weighted by Crippen LogP contribution is -2.52. The van der Waals surface area contributed by atoms with Crippen molar-refractivity contribution in [3.63, 3.8) is 0 Å². The van der Waals surface area contributed by atoms with Crippen LogP contribution in [0.5, 0.6) is 0 Å². The number of carboxylic acid groups (broad SMARTS) is 3. The highest BCUT2D eigenvalue weighted by Crippen LogP contribution is 2.22. The van der Waals surface area contributed by atoms with Gasteiger partial charge >= 0.3 is 17.9 Å². The van der Waals surface area contributed by atoms with E-state index in [-0.39, 0.29) is 0 Å². The molecule has 7 heteroatoms. The van der Waals surface area contributed by atoms with Crippen LogP contribution in [-0.4, -0.2) is 63.9 Å². The maximum absolute atomic E-state index is 11.5. The van der Waals surface area contributed by atoms with E-state index in [4.69, 9.17) is 0 Å². The third kappa shape index (κ3) is 21.5. The van der Waals surface area contributed by atoms with Crippen molar-refractivity contribution in [2.75, 3.05) is 26.2 Å². The Bertz CT molecular complexity index is 662. The lowest BCUT2D eigenvalue weighted by atomic mass is 10.0. The third-order valence-corrected chi connectivity index (χ3v) is 8.86. The molecule has 0 saturated heterocycles. The van der Waals surface area contributed by atoms with E-state index in [0.717, 1.165) is 19.4 Å². The quantitative estimate of drug-likeness (QED) is 0.0463. The minimum absolute atomic E-state index is 0.477. The SMILES string of the molecule is C/C=C/CCCCCCCCCCCCCCCC[N+](CCC(C)C(=O)O)(CCC(C)C(=O)O)CCC(C)C(=O)O. The fourth-order valence-electron chi connectivity index (χ4n) is 5.44. The van der Waals surface area contributed by atoms with Gasteiger partial charge in [0.25, 0.3) is 0 Å². The second kappa shape index (κ2) is 24.7. The predicted molar refractivity (Wildman–Crippen MR) is 168 cm³/mol. The number of rotatable bonds is 29. The van der Waals surface area contributed by atoms with Crippen molar-refractivity contribution in [1.82, 2.24) is 0 Å². The molecule has 0 bridgehead atoms. The van der Waals surface area contributed by atoms with E-state index in [2.05, 4.69) is 19.1 Å². The van der Waals surface area contributed by atoms with Crippen molar-refractivity contribution >= 4 is 17.9 Å². The summed E-state index contributed by atoms with van der Waals surface area (Å²) in [5, 5.41) is 28.3. The fourth-order valence-corrected chi connectivity index (χ4v) is 5.44. The van der Waals surface area contributed by atoms with E-state index in [0.29, 0.717) is 43.4 Å². The Balaban J connectivity index is 4.54. The predicted octanol–water partition coefficient (Wildman–Crippen LogP) is 8.56. The molecule has 0 amide bonds. The summed E-state index contributed by atoms with van der Waals surface area (Å²) in [5.41, 5.74) is 0. The Morgan fingerprint density at radius 2 is 0.805 bits per heavy atom. The third-order valence-electron chi connectivity index (χ3n) is 8.86. The lowest BCUT2D eigenvalue weighted by Gasteiger charge is -2.40. The first-order valence-corrected chi connectivity index (χ1v) is 16.7. The summed E-state index contributed by atoms with van der Waals surface area (Å²) >= 11 is 0. The molecule has 0 rings (SSSR count). The molecule has 3 N–H and O–H groups in total. The Morgan fingerprint density at radius 3 is 1.10 bits per heavy atom. The molecule has 3 atom stereocenters. The first-order valence-electron chi connectivity index (χ1n) is 16.7. The topological polar surface area (TPSA) is 112 Å². The number of nitrogens with zero attached hydrogens (tertiary/aromatic N) is 1. The molecule has 0 aliphatic heterocycles. The van der Waals surface area contributed by atoms with Crippen LogP contribution >= 0.6 is 0 Å². The minimum Gasteiger partial charge on any atom is -0.481 e. The van der Waals surface area contributed by atoms with Crippen LogP contribution in [-0.2, 0) is 14.4 Å². The molecule has 0 radical (unpaired) electrons. The van der Waals surface area contributed by atoms with Gasteiger partial charge in [-0.25, -0.2) is 0 Å². The van der Waals surface area contributed by atoms with Crippen molar-refractivity contribution in [3.8, 4) is 0 Å². The average molecular weight is 583 g/mol. The van der Waals surface area contributed by atoms with E-state index in [1.165, 1.54) is 83.5 Å². The van der Waals surface area contributed by atoms with Gasteiger partial charge in [0.15, 0.2) is 0 Å². The first kappa shape index (κ1) is 39.1. The smallest absolute Gasteiger partial charge is 0.306 e. The van der Waals surface area contributed by atoms with Gasteiger partial charge in [0, 0.05) is 19.3 Å². The van der Waals surface area contributed by atoms with Crippen LogP contribution in [0.15, 0.2) is 12.2 Å². The summed E-state index contributed by atoms with van der Waals surface area (Å²) in [7, 11) is 0. The van der Waals surface area contributed by atoms with Crippen molar-refractivity contribution < 1.29 is 34.2 Å². The summed E-state index contributed by atoms with van der Waals surface area (Å²) in [6.07, 6.45) is 25.0. The van der Waals surface area contributed by atoms with Crippen molar-refractivity contribution in [2.24, 2.45) is 17.8 Å². The molecular formula is C34H64NO6+. The molecule has 0 fully saturated rings. The monoisotopic (exact) mass is 582 g/mol. The summed E-state index contributed by atoms with van der Waals surface area (Å²) in [4.78, 5) is 34.5. The Labute approximate surface area is 251 Å². The maximum atomic E-state index is 11.5. The molecule has 0 aromatic rings. The van der Waals surface area contributed by atoms with Gasteiger partial charge in [-0.15, -0.1) is 0 Å². The van der Waals surface area contributed by atoms with Crippen molar-refractivity contribution in [3.05, 3.63) is 12.2 Å². The highest BCUT2D eigenvalue weighted by molar-refractivity contribution is 5.70. The van der Waals surface area contributed by atoms with Crippen molar-refractivity contribution in [2.45, 2.75) is 143 Å². The van der Waals surface area contributed by atoms with Crippen LogP contribution in [0.25, 0.3) is 0 Å². The van der Waals surface area contributed by atoms with Gasteiger partial charge in [-0.3, -0.25) is 14.4 Å². The number of hydrogen-bond acceptors (Lipinski definition) is 3. The molecule has 0 aliphatic carbocycles. The Morgan fingerprint density at radius 1 is 0.512 bits per heavy atom. The molecule has 240 valence electrons. The molecule has 41 heavy (non-hydrogen) atoms. The largest absolute Gasteiger partial charge is 0.481 e. The van der Waals surface area contributed by atoms with Gasteiger partial charge in [-0.2, -0.15) is 0 Å². The number of carboxylic acids is 3. The van der Waals surface area contributed by atoms with Crippen molar-refractivity contribution in [1.29, 1.82) is 0 Å². The second-order valence-corrected chi connectivity index (χ2v) is 12.6. The number of aliphatic carboxylic acids is 3. The van der Waals surface area contributed by atoms with Gasteiger partial charge in [-0.1, -0.05) is 104 Å².